The number of hydrogen-bond donors (Lipinski definition) is 1. The van der Waals surface area contributed by atoms with E-state index in [0.29, 0.717) is 0 Å². The van der Waals surface area contributed by atoms with E-state index in [1.807, 2.05) is 19.2 Å². The van der Waals surface area contributed by atoms with Crippen LogP contribution in [-0.2, 0) is 5.41 Å². The third-order valence-corrected chi connectivity index (χ3v) is 6.34. The Balaban J connectivity index is 1.70. The third-order valence-electron chi connectivity index (χ3n) is 6.34. The van der Waals surface area contributed by atoms with E-state index in [9.17, 15) is 14.4 Å². The van der Waals surface area contributed by atoms with E-state index in [2.05, 4.69) is 41.4 Å². The van der Waals surface area contributed by atoms with Crippen LogP contribution in [-0.4, -0.2) is 7.05 Å². The van der Waals surface area contributed by atoms with Crippen LogP contribution in [0.2, 0.25) is 0 Å². The van der Waals surface area contributed by atoms with Gasteiger partial charge in [0.1, 0.15) is 0 Å². The van der Waals surface area contributed by atoms with Gasteiger partial charge in [0.05, 0.1) is 15.8 Å². The molecule has 0 atom stereocenters. The molecule has 2 aliphatic carbocycles. The molecule has 0 saturated carbocycles. The van der Waals surface area contributed by atoms with Gasteiger partial charge in [0, 0.05) is 40.8 Å². The Labute approximate surface area is 183 Å². The summed E-state index contributed by atoms with van der Waals surface area (Å²) in [6.45, 7) is 4.27. The first-order valence-electron chi connectivity index (χ1n) is 10.3. The molecular weight excluding hydrogens is 402 g/mol. The molecule has 0 aromatic heterocycles. The first-order valence-corrected chi connectivity index (χ1v) is 10.3. The van der Waals surface area contributed by atoms with Gasteiger partial charge in [0.25, 0.3) is 0 Å². The number of allylic oxidation sites excluding steroid dienone is 1. The minimum absolute atomic E-state index is 0.0504. The monoisotopic (exact) mass is 423 g/mol. The molecule has 0 fully saturated rings. The molecule has 0 bridgehead atoms. The summed E-state index contributed by atoms with van der Waals surface area (Å²) in [5.74, 6) is 0. The van der Waals surface area contributed by atoms with Crippen LogP contribution in [0.1, 0.15) is 19.4 Å². The van der Waals surface area contributed by atoms with Gasteiger partial charge in [0.2, 0.25) is 0 Å². The first kappa shape index (κ1) is 19.9. The zero-order chi connectivity index (χ0) is 22.6. The second kappa shape index (κ2) is 6.99. The Morgan fingerprint density at radius 1 is 0.844 bits per heavy atom. The zero-order valence-corrected chi connectivity index (χ0v) is 18.0. The van der Waals surface area contributed by atoms with Crippen molar-refractivity contribution in [3.05, 3.63) is 125 Å². The Morgan fingerprint density at radius 2 is 1.47 bits per heavy atom. The summed E-state index contributed by atoms with van der Waals surface area (Å²) in [4.78, 5) is 40.6. The van der Waals surface area contributed by atoms with E-state index < -0.39 is 10.9 Å². The van der Waals surface area contributed by atoms with E-state index in [-0.39, 0.29) is 37.4 Å². The van der Waals surface area contributed by atoms with Gasteiger partial charge >= 0.3 is 0 Å². The molecule has 2 aromatic rings. The maximum absolute atomic E-state index is 13.1. The summed E-state index contributed by atoms with van der Waals surface area (Å²) in [5.41, 5.74) is 4.76. The van der Waals surface area contributed by atoms with Gasteiger partial charge in [-0.3, -0.25) is 19.8 Å². The quantitative estimate of drug-likeness (QED) is 0.500. The van der Waals surface area contributed by atoms with E-state index in [4.69, 9.17) is 0 Å². The van der Waals surface area contributed by atoms with E-state index >= 15 is 0 Å². The predicted octanol–water partition coefficient (Wildman–Crippen LogP) is 2.20. The average Bonchev–Trinajstić information content (AvgIpc) is 2.99. The molecule has 0 amide bonds. The van der Waals surface area contributed by atoms with E-state index in [1.165, 1.54) is 17.7 Å². The lowest BCUT2D eigenvalue weighted by atomic mass is 9.84. The van der Waals surface area contributed by atoms with E-state index in [1.54, 1.807) is 30.5 Å². The maximum Gasteiger partial charge on any atom is 0.198 e. The van der Waals surface area contributed by atoms with Crippen LogP contribution in [0, 0.1) is 10.4 Å². The summed E-state index contributed by atoms with van der Waals surface area (Å²) >= 11 is 0. The van der Waals surface area contributed by atoms with Crippen molar-refractivity contribution in [3.63, 3.8) is 0 Å². The minimum atomic E-state index is -0.475. The van der Waals surface area contributed by atoms with Gasteiger partial charge in [0.15, 0.2) is 16.3 Å². The minimum Gasteiger partial charge on any atom is -0.346 e. The fraction of sp³-hybridized carbons (Fsp3) is 0.154. The smallest absolute Gasteiger partial charge is 0.198 e. The molecule has 0 unspecified atom stereocenters. The summed E-state index contributed by atoms with van der Waals surface area (Å²) in [7, 11) is 1.99. The largest absolute Gasteiger partial charge is 0.346 e. The van der Waals surface area contributed by atoms with Gasteiger partial charge < -0.3 is 4.90 Å². The lowest BCUT2D eigenvalue weighted by molar-refractivity contribution is 0.631. The van der Waals surface area contributed by atoms with Crippen molar-refractivity contribution in [3.8, 4) is 0 Å². The maximum atomic E-state index is 13.1. The second-order valence-corrected chi connectivity index (χ2v) is 8.51. The van der Waals surface area contributed by atoms with Crippen molar-refractivity contribution in [1.29, 1.82) is 0 Å². The first-order chi connectivity index (χ1) is 15.3. The molecule has 1 aliphatic heterocycles. The van der Waals surface area contributed by atoms with Crippen LogP contribution in [0.15, 0.2) is 92.0 Å². The van der Waals surface area contributed by atoms with Crippen molar-refractivity contribution in [2.24, 2.45) is 5.10 Å². The number of likely N-dealkylation sites (N-methyl/N-ethyl adjacent to an activating group) is 1. The molecular formula is C26H21N3O3. The molecule has 2 aromatic carbocycles. The normalized spacial score (nSPS) is 16.8. The molecule has 32 heavy (non-hydrogen) atoms. The fourth-order valence-corrected chi connectivity index (χ4v) is 4.69. The van der Waals surface area contributed by atoms with Crippen molar-refractivity contribution in [2.75, 3.05) is 11.9 Å². The standard InChI is InChI=1S/C26H21N3O3/c1-26(2)17-10-6-7-11-19(17)29(3)21(26)14-27-28-18-12-13-20(30)23-22(18)24(31)15-8-4-5-9-16(15)25(23)32/h4-14,27H,1-3H3. The van der Waals surface area contributed by atoms with Crippen molar-refractivity contribution < 1.29 is 0 Å². The van der Waals surface area contributed by atoms with E-state index in [0.717, 1.165) is 11.4 Å². The van der Waals surface area contributed by atoms with Gasteiger partial charge in [-0.05, 0) is 23.8 Å². The molecule has 0 radical (unpaired) electrons. The van der Waals surface area contributed by atoms with Crippen LogP contribution >= 0.6 is 0 Å². The van der Waals surface area contributed by atoms with Crippen molar-refractivity contribution in [2.45, 2.75) is 19.3 Å². The Morgan fingerprint density at radius 3 is 2.16 bits per heavy atom. The van der Waals surface area contributed by atoms with Gasteiger partial charge in [-0.25, -0.2) is 0 Å². The van der Waals surface area contributed by atoms with Crippen molar-refractivity contribution in [1.82, 2.24) is 5.43 Å². The number of nitrogens with zero attached hydrogens (tertiary/aromatic N) is 2. The average molecular weight is 423 g/mol. The zero-order valence-electron chi connectivity index (χ0n) is 18.0. The number of rotatable bonds is 2. The van der Waals surface area contributed by atoms with Crippen LogP contribution in [0.4, 0.5) is 5.69 Å². The molecule has 3 aliphatic rings. The topological polar surface area (TPSA) is 78.8 Å². The molecule has 0 saturated heterocycles. The van der Waals surface area contributed by atoms with Crippen LogP contribution in [0.5, 0.6) is 0 Å². The summed E-state index contributed by atoms with van der Waals surface area (Å²) in [6, 6.07) is 17.5. The number of anilines is 1. The van der Waals surface area contributed by atoms with Crippen LogP contribution in [0.25, 0.3) is 10.8 Å². The number of para-hydroxylation sites is 1. The lowest BCUT2D eigenvalue weighted by Crippen LogP contribution is -2.29. The van der Waals surface area contributed by atoms with Gasteiger partial charge in [-0.1, -0.05) is 56.3 Å². The Bertz CT molecular complexity index is 1710. The number of benzene rings is 2. The fourth-order valence-electron chi connectivity index (χ4n) is 4.69. The lowest BCUT2D eigenvalue weighted by Gasteiger charge is -2.23. The molecule has 1 heterocycles. The highest BCUT2D eigenvalue weighted by atomic mass is 16.1. The highest BCUT2D eigenvalue weighted by molar-refractivity contribution is 5.82. The highest BCUT2D eigenvalue weighted by Gasteiger charge is 2.38. The summed E-state index contributed by atoms with van der Waals surface area (Å²) < 4.78 is 0. The number of nitrogens with one attached hydrogen (secondary N) is 1. The molecule has 6 heteroatoms. The second-order valence-electron chi connectivity index (χ2n) is 8.51. The molecule has 0 spiro atoms. The molecule has 1 N–H and O–H groups in total. The highest BCUT2D eigenvalue weighted by Crippen LogP contribution is 2.46. The molecule has 6 nitrogen and oxygen atoms in total. The Kier molecular flexibility index (Phi) is 4.34. The SMILES string of the molecule is CN1C(=CNN=c2ccc(=O)c3c(=O)c4ccccc4c(=O)c2=3)C(C)(C)c2ccccc21. The molecule has 5 rings (SSSR count). The summed E-state index contributed by atoms with van der Waals surface area (Å²) in [6.07, 6.45) is 1.79. The number of fused-ring (bicyclic) bond motifs is 2. The summed E-state index contributed by atoms with van der Waals surface area (Å²) in [5, 5.41) is 5.12. The third kappa shape index (κ3) is 2.73. The Hall–Kier alpha value is -4.06. The number of hydrogen-bond acceptors (Lipinski definition) is 6. The predicted molar refractivity (Wildman–Crippen MR) is 125 cm³/mol. The van der Waals surface area contributed by atoms with Crippen LogP contribution in [0.3, 0.4) is 0 Å². The van der Waals surface area contributed by atoms with Gasteiger partial charge in [-0.15, -0.1) is 0 Å². The molecule has 158 valence electrons. The van der Waals surface area contributed by atoms with Crippen LogP contribution < -0.4 is 32.0 Å². The van der Waals surface area contributed by atoms with Gasteiger partial charge in [-0.2, -0.15) is 5.10 Å². The van der Waals surface area contributed by atoms with Crippen molar-refractivity contribution >= 4 is 16.5 Å².